The minimum absolute atomic E-state index is 0.0332. The number of nitrogens with zero attached hydrogens (tertiary/aromatic N) is 2. The van der Waals surface area contributed by atoms with Crippen LogP contribution in [0, 0.1) is 11.3 Å². The van der Waals surface area contributed by atoms with Crippen molar-refractivity contribution in [1.29, 1.82) is 5.26 Å². The summed E-state index contributed by atoms with van der Waals surface area (Å²) in [4.78, 5) is 4.00. The Hall–Kier alpha value is -1.61. The zero-order chi connectivity index (χ0) is 12.2. The summed E-state index contributed by atoms with van der Waals surface area (Å²) in [7, 11) is -3.01. The quantitative estimate of drug-likeness (QED) is 0.840. The molecular weight excluding hydrogens is 226 g/mol. The van der Waals surface area contributed by atoms with Gasteiger partial charge >= 0.3 is 0 Å². The highest BCUT2D eigenvalue weighted by molar-refractivity contribution is 7.90. The molecule has 0 spiro atoms. The highest BCUT2D eigenvalue weighted by Gasteiger charge is 2.10. The van der Waals surface area contributed by atoms with Crippen LogP contribution in [0.15, 0.2) is 18.3 Å². The van der Waals surface area contributed by atoms with E-state index in [0.29, 0.717) is 11.4 Å². The second-order valence-electron chi connectivity index (χ2n) is 3.68. The lowest BCUT2D eigenvalue weighted by molar-refractivity contribution is 0.598. The molecule has 0 radical (unpaired) electrons. The topological polar surface area (TPSA) is 82.9 Å². The third-order valence-electron chi connectivity index (χ3n) is 1.84. The van der Waals surface area contributed by atoms with Crippen molar-refractivity contribution in [3.05, 3.63) is 23.9 Å². The first kappa shape index (κ1) is 12.5. The third-order valence-corrected chi connectivity index (χ3v) is 2.94. The monoisotopic (exact) mass is 239 g/mol. The molecule has 1 atom stereocenters. The highest BCUT2D eigenvalue weighted by atomic mass is 32.2. The van der Waals surface area contributed by atoms with E-state index in [4.69, 9.17) is 5.26 Å². The fourth-order valence-corrected chi connectivity index (χ4v) is 2.32. The molecule has 0 saturated heterocycles. The van der Waals surface area contributed by atoms with Crippen LogP contribution in [-0.2, 0) is 9.84 Å². The van der Waals surface area contributed by atoms with Crippen molar-refractivity contribution in [2.24, 2.45) is 0 Å². The number of hydrogen-bond donors (Lipinski definition) is 1. The standard InChI is InChI=1S/C10H13N3O2S/c1-8(7-16(2,14)15)13-10-5-9(6-11)3-4-12-10/h3-5,8H,7H2,1-2H3,(H,12,13). The molecule has 0 fully saturated rings. The van der Waals surface area contributed by atoms with E-state index in [1.165, 1.54) is 12.5 Å². The number of nitriles is 1. The van der Waals surface area contributed by atoms with Crippen LogP contribution >= 0.6 is 0 Å². The molecule has 1 rings (SSSR count). The largest absolute Gasteiger partial charge is 0.367 e. The fourth-order valence-electron chi connectivity index (χ4n) is 1.33. The van der Waals surface area contributed by atoms with Gasteiger partial charge in [0, 0.05) is 18.5 Å². The van der Waals surface area contributed by atoms with Gasteiger partial charge in [-0.05, 0) is 19.1 Å². The van der Waals surface area contributed by atoms with E-state index in [-0.39, 0.29) is 11.8 Å². The summed E-state index contributed by atoms with van der Waals surface area (Å²) in [5.41, 5.74) is 0.490. The summed E-state index contributed by atoms with van der Waals surface area (Å²) in [6, 6.07) is 4.92. The van der Waals surface area contributed by atoms with Crippen molar-refractivity contribution in [2.45, 2.75) is 13.0 Å². The summed E-state index contributed by atoms with van der Waals surface area (Å²) < 4.78 is 22.1. The van der Waals surface area contributed by atoms with E-state index >= 15 is 0 Å². The molecule has 0 aliphatic rings. The number of sulfone groups is 1. The minimum Gasteiger partial charge on any atom is -0.367 e. The van der Waals surface area contributed by atoms with E-state index in [2.05, 4.69) is 10.3 Å². The maximum Gasteiger partial charge on any atom is 0.149 e. The average molecular weight is 239 g/mol. The summed E-state index contributed by atoms with van der Waals surface area (Å²) in [5.74, 6) is 0.543. The molecule has 0 amide bonds. The van der Waals surface area contributed by atoms with Crippen LogP contribution in [0.3, 0.4) is 0 Å². The van der Waals surface area contributed by atoms with Gasteiger partial charge < -0.3 is 5.32 Å². The van der Waals surface area contributed by atoms with Gasteiger partial charge in [-0.2, -0.15) is 5.26 Å². The van der Waals surface area contributed by atoms with Gasteiger partial charge in [0.2, 0.25) is 0 Å². The van der Waals surface area contributed by atoms with Crippen LogP contribution in [-0.4, -0.2) is 31.5 Å². The summed E-state index contributed by atoms with van der Waals surface area (Å²) in [6.07, 6.45) is 2.69. The lowest BCUT2D eigenvalue weighted by Crippen LogP contribution is -2.25. The first-order valence-electron chi connectivity index (χ1n) is 4.71. The number of aromatic nitrogens is 1. The Morgan fingerprint density at radius 1 is 1.62 bits per heavy atom. The summed E-state index contributed by atoms with van der Waals surface area (Å²) in [5, 5.41) is 11.6. The maximum atomic E-state index is 11.0. The van der Waals surface area contributed by atoms with Crippen molar-refractivity contribution in [3.8, 4) is 6.07 Å². The molecule has 0 bridgehead atoms. The van der Waals surface area contributed by atoms with Crippen LogP contribution in [0.1, 0.15) is 12.5 Å². The SMILES string of the molecule is CC(CS(C)(=O)=O)Nc1cc(C#N)ccn1. The predicted molar refractivity (Wildman–Crippen MR) is 61.7 cm³/mol. The lowest BCUT2D eigenvalue weighted by Gasteiger charge is -2.13. The number of rotatable bonds is 4. The van der Waals surface area contributed by atoms with E-state index in [9.17, 15) is 8.42 Å². The molecule has 1 aromatic heterocycles. The van der Waals surface area contributed by atoms with Gasteiger partial charge in [0.05, 0.1) is 17.4 Å². The number of hydrogen-bond acceptors (Lipinski definition) is 5. The molecule has 5 nitrogen and oxygen atoms in total. The Bertz CT molecular complexity index is 505. The molecule has 1 unspecified atom stereocenters. The molecule has 0 aliphatic carbocycles. The van der Waals surface area contributed by atoms with E-state index in [1.807, 2.05) is 6.07 Å². The van der Waals surface area contributed by atoms with Crippen molar-refractivity contribution in [3.63, 3.8) is 0 Å². The smallest absolute Gasteiger partial charge is 0.149 e. The molecule has 16 heavy (non-hydrogen) atoms. The Labute approximate surface area is 95.0 Å². The van der Waals surface area contributed by atoms with E-state index < -0.39 is 9.84 Å². The molecule has 86 valence electrons. The van der Waals surface area contributed by atoms with Gasteiger partial charge in [-0.3, -0.25) is 0 Å². The van der Waals surface area contributed by atoms with Crippen molar-refractivity contribution in [1.82, 2.24) is 4.98 Å². The van der Waals surface area contributed by atoms with Gasteiger partial charge in [-0.1, -0.05) is 0 Å². The second-order valence-corrected chi connectivity index (χ2v) is 5.86. The Morgan fingerprint density at radius 2 is 2.31 bits per heavy atom. The van der Waals surface area contributed by atoms with Crippen LogP contribution in [0.5, 0.6) is 0 Å². The van der Waals surface area contributed by atoms with Crippen LogP contribution in [0.25, 0.3) is 0 Å². The molecule has 6 heteroatoms. The van der Waals surface area contributed by atoms with Crippen molar-refractivity contribution >= 4 is 15.7 Å². The number of nitrogens with one attached hydrogen (secondary N) is 1. The minimum atomic E-state index is -3.01. The fraction of sp³-hybridized carbons (Fsp3) is 0.400. The molecule has 1 heterocycles. The molecular formula is C10H13N3O2S. The van der Waals surface area contributed by atoms with E-state index in [1.54, 1.807) is 19.1 Å². The van der Waals surface area contributed by atoms with Gasteiger partial charge in [0.15, 0.2) is 0 Å². The van der Waals surface area contributed by atoms with Crippen molar-refractivity contribution < 1.29 is 8.42 Å². The first-order chi connectivity index (χ1) is 7.40. The number of pyridine rings is 1. The first-order valence-corrected chi connectivity index (χ1v) is 6.77. The molecule has 0 aliphatic heterocycles. The van der Waals surface area contributed by atoms with Gasteiger partial charge in [0.25, 0.3) is 0 Å². The van der Waals surface area contributed by atoms with Gasteiger partial charge in [-0.25, -0.2) is 13.4 Å². The summed E-state index contributed by atoms with van der Waals surface area (Å²) in [6.45, 7) is 1.75. The molecule has 1 N–H and O–H groups in total. The Kier molecular flexibility index (Phi) is 3.85. The van der Waals surface area contributed by atoms with Crippen LogP contribution in [0.4, 0.5) is 5.82 Å². The summed E-state index contributed by atoms with van der Waals surface area (Å²) >= 11 is 0. The Morgan fingerprint density at radius 3 is 2.88 bits per heavy atom. The average Bonchev–Trinajstić information content (AvgIpc) is 2.15. The molecule has 0 saturated carbocycles. The van der Waals surface area contributed by atoms with E-state index in [0.717, 1.165) is 0 Å². The zero-order valence-electron chi connectivity index (χ0n) is 9.14. The number of anilines is 1. The predicted octanol–water partition coefficient (Wildman–Crippen LogP) is 0.798. The van der Waals surface area contributed by atoms with Crippen molar-refractivity contribution in [2.75, 3.05) is 17.3 Å². The van der Waals surface area contributed by atoms with Crippen LogP contribution in [0.2, 0.25) is 0 Å². The second kappa shape index (κ2) is 4.94. The lowest BCUT2D eigenvalue weighted by atomic mass is 10.3. The van der Waals surface area contributed by atoms with Gasteiger partial charge in [-0.15, -0.1) is 0 Å². The highest BCUT2D eigenvalue weighted by Crippen LogP contribution is 2.07. The zero-order valence-corrected chi connectivity index (χ0v) is 9.95. The normalized spacial score (nSPS) is 12.8. The maximum absolute atomic E-state index is 11.0. The molecule has 1 aromatic rings. The third kappa shape index (κ3) is 4.28. The van der Waals surface area contributed by atoms with Crippen LogP contribution < -0.4 is 5.32 Å². The Balaban J connectivity index is 2.70. The molecule has 0 aromatic carbocycles. The van der Waals surface area contributed by atoms with Gasteiger partial charge in [0.1, 0.15) is 15.7 Å².